The molecule has 1 atom stereocenters. The summed E-state index contributed by atoms with van der Waals surface area (Å²) >= 11 is 12.4. The van der Waals surface area contributed by atoms with Crippen molar-refractivity contribution in [1.82, 2.24) is 4.98 Å². The van der Waals surface area contributed by atoms with Crippen molar-refractivity contribution in [2.75, 3.05) is 13.2 Å². The van der Waals surface area contributed by atoms with Gasteiger partial charge in [0.05, 0.1) is 22.2 Å². The highest BCUT2D eigenvalue weighted by Gasteiger charge is 2.51. The number of unbranched alkanes of at least 4 members (excludes halogenated alkanes) is 1. The van der Waals surface area contributed by atoms with Gasteiger partial charge in [0, 0.05) is 23.9 Å². The van der Waals surface area contributed by atoms with Crippen molar-refractivity contribution in [2.24, 2.45) is 5.73 Å². The number of aliphatic hydroxyl groups excluding tert-OH is 1. The van der Waals surface area contributed by atoms with Crippen LogP contribution in [0.15, 0.2) is 72.6 Å². The van der Waals surface area contributed by atoms with Gasteiger partial charge in [0.25, 0.3) is 0 Å². The molecule has 4 rings (SSSR count). The van der Waals surface area contributed by atoms with Gasteiger partial charge >= 0.3 is 11.8 Å². The lowest BCUT2D eigenvalue weighted by atomic mass is 9.88. The number of aliphatic hydroxyl groups is 1. The van der Waals surface area contributed by atoms with Crippen molar-refractivity contribution < 1.29 is 19.2 Å². The summed E-state index contributed by atoms with van der Waals surface area (Å²) in [5.74, 6) is -1.01. The molecule has 1 unspecified atom stereocenters. The van der Waals surface area contributed by atoms with Crippen LogP contribution in [-0.4, -0.2) is 39.5 Å². The summed E-state index contributed by atoms with van der Waals surface area (Å²) in [5.41, 5.74) is 9.12. The third-order valence-corrected chi connectivity index (χ3v) is 6.75. The van der Waals surface area contributed by atoms with E-state index in [0.29, 0.717) is 34.0 Å². The lowest BCUT2D eigenvalue weighted by molar-refractivity contribution is -0.820. The summed E-state index contributed by atoms with van der Waals surface area (Å²) in [5, 5.41) is 10.2. The van der Waals surface area contributed by atoms with E-state index in [0.717, 1.165) is 11.1 Å². The number of pyridine rings is 1. The van der Waals surface area contributed by atoms with E-state index in [4.69, 9.17) is 28.9 Å². The van der Waals surface area contributed by atoms with Gasteiger partial charge in [-0.15, -0.1) is 0 Å². The van der Waals surface area contributed by atoms with Crippen molar-refractivity contribution in [3.05, 3.63) is 105 Å². The zero-order chi connectivity index (χ0) is 24.3. The fourth-order valence-corrected chi connectivity index (χ4v) is 4.86. The summed E-state index contributed by atoms with van der Waals surface area (Å²) < 4.78 is -0.360. The molecule has 0 saturated carbocycles. The Hall–Kier alpha value is -3.03. The molecule has 8 heteroatoms. The highest BCUT2D eigenvalue weighted by molar-refractivity contribution is 6.42. The van der Waals surface area contributed by atoms with E-state index >= 15 is 0 Å². The van der Waals surface area contributed by atoms with Crippen LogP contribution in [-0.2, 0) is 11.3 Å². The highest BCUT2D eigenvalue weighted by Crippen LogP contribution is 2.42. The number of amides is 2. The minimum absolute atomic E-state index is 0.0308. The molecule has 1 aliphatic heterocycles. The third kappa shape index (κ3) is 4.38. The average Bonchev–Trinajstić information content (AvgIpc) is 2.84. The van der Waals surface area contributed by atoms with E-state index in [9.17, 15) is 14.7 Å². The normalized spacial score (nSPS) is 17.6. The second-order valence-electron chi connectivity index (χ2n) is 8.19. The van der Waals surface area contributed by atoms with Gasteiger partial charge < -0.3 is 10.8 Å². The van der Waals surface area contributed by atoms with Gasteiger partial charge in [-0.25, -0.2) is 14.3 Å². The van der Waals surface area contributed by atoms with Crippen LogP contribution in [0.25, 0.3) is 5.57 Å². The molecule has 3 N–H and O–H groups in total. The highest BCUT2D eigenvalue weighted by atomic mass is 35.5. The number of hydrogen-bond donors (Lipinski definition) is 2. The molecule has 0 fully saturated rings. The minimum Gasteiger partial charge on any atom is -0.396 e. The molecule has 2 aromatic carbocycles. The van der Waals surface area contributed by atoms with Crippen LogP contribution in [0.4, 0.5) is 0 Å². The SMILES string of the molecule is NC(=O)C1=C(c2ccccc2)c2cccnc2C(=O)[N+]1(CCCCO)Cc1ccc(Cl)c(Cl)c1. The predicted molar refractivity (Wildman–Crippen MR) is 132 cm³/mol. The third-order valence-electron chi connectivity index (χ3n) is 6.01. The molecule has 174 valence electrons. The number of nitrogens with zero attached hydrogens (tertiary/aromatic N) is 2. The van der Waals surface area contributed by atoms with Crippen LogP contribution in [0.3, 0.4) is 0 Å². The van der Waals surface area contributed by atoms with Gasteiger partial charge in [0.1, 0.15) is 6.54 Å². The number of carbonyl (C=O) groups excluding carboxylic acids is 2. The Morgan fingerprint density at radius 3 is 2.44 bits per heavy atom. The zero-order valence-corrected chi connectivity index (χ0v) is 19.9. The molecular weight excluding hydrogens is 473 g/mol. The lowest BCUT2D eigenvalue weighted by Gasteiger charge is -2.40. The fourth-order valence-electron chi connectivity index (χ4n) is 4.54. The molecule has 2 heterocycles. The zero-order valence-electron chi connectivity index (χ0n) is 18.4. The van der Waals surface area contributed by atoms with Gasteiger partial charge in [-0.1, -0.05) is 65.7 Å². The Morgan fingerprint density at radius 2 is 1.76 bits per heavy atom. The number of halogens is 2. The maximum atomic E-state index is 14.1. The summed E-state index contributed by atoms with van der Waals surface area (Å²) in [4.78, 5) is 31.7. The Labute approximate surface area is 207 Å². The van der Waals surface area contributed by atoms with Gasteiger partial charge in [-0.05, 0) is 36.6 Å². The lowest BCUT2D eigenvalue weighted by Crippen LogP contribution is -2.57. The number of quaternary nitrogens is 1. The Balaban J connectivity index is 2.03. The van der Waals surface area contributed by atoms with Gasteiger partial charge in [0.2, 0.25) is 5.70 Å². The molecule has 0 aliphatic carbocycles. The maximum absolute atomic E-state index is 14.1. The monoisotopic (exact) mass is 496 g/mol. The molecule has 1 aliphatic rings. The predicted octanol–water partition coefficient (Wildman–Crippen LogP) is 4.58. The van der Waals surface area contributed by atoms with E-state index in [2.05, 4.69) is 4.98 Å². The minimum atomic E-state index is -0.689. The second kappa shape index (κ2) is 10.1. The molecule has 0 spiro atoms. The van der Waals surface area contributed by atoms with E-state index in [-0.39, 0.29) is 41.5 Å². The van der Waals surface area contributed by atoms with Crippen LogP contribution >= 0.6 is 23.2 Å². The smallest absolute Gasteiger partial charge is 0.370 e. The summed E-state index contributed by atoms with van der Waals surface area (Å²) in [6.45, 7) is 0.354. The van der Waals surface area contributed by atoms with Crippen LogP contribution in [0.2, 0.25) is 10.0 Å². The first-order valence-corrected chi connectivity index (χ1v) is 11.7. The van der Waals surface area contributed by atoms with Crippen LogP contribution in [0, 0.1) is 0 Å². The molecule has 0 radical (unpaired) electrons. The maximum Gasteiger partial charge on any atom is 0.370 e. The van der Waals surface area contributed by atoms with Crippen LogP contribution < -0.4 is 5.73 Å². The number of hydrogen-bond acceptors (Lipinski definition) is 4. The van der Waals surface area contributed by atoms with Crippen molar-refractivity contribution in [3.63, 3.8) is 0 Å². The van der Waals surface area contributed by atoms with Gasteiger partial charge in [-0.3, -0.25) is 4.79 Å². The first kappa shape index (κ1) is 24.1. The van der Waals surface area contributed by atoms with Crippen LogP contribution in [0.5, 0.6) is 0 Å². The molecule has 3 aromatic rings. The number of benzene rings is 2. The molecule has 6 nitrogen and oxygen atoms in total. The molecule has 0 saturated heterocycles. The number of aromatic nitrogens is 1. The van der Waals surface area contributed by atoms with Gasteiger partial charge in [-0.2, -0.15) is 0 Å². The molecular formula is C26H24Cl2N3O3+. The topological polar surface area (TPSA) is 93.3 Å². The van der Waals surface area contributed by atoms with Gasteiger partial charge in [0.15, 0.2) is 5.69 Å². The number of fused-ring (bicyclic) bond motifs is 1. The summed E-state index contributed by atoms with van der Waals surface area (Å²) in [6, 6.07) is 18.0. The van der Waals surface area contributed by atoms with Crippen molar-refractivity contribution in [1.29, 1.82) is 0 Å². The molecule has 34 heavy (non-hydrogen) atoms. The Kier molecular flexibility index (Phi) is 7.14. The number of primary amides is 1. The standard InChI is InChI=1S/C26H23Cl2N3O3/c27-20-11-10-17(15-21(20)28)16-31(13-4-5-14-32)24(25(29)33)22(18-7-2-1-3-8-18)19-9-6-12-30-23(19)26(31)34/h1-3,6-12,15,32H,4-5,13-14,16H2,(H-,29,33)/p+1. The first-order chi connectivity index (χ1) is 16.4. The molecule has 2 amide bonds. The number of rotatable bonds is 8. The van der Waals surface area contributed by atoms with E-state index in [1.807, 2.05) is 30.3 Å². The van der Waals surface area contributed by atoms with E-state index in [1.54, 1.807) is 36.5 Å². The second-order valence-corrected chi connectivity index (χ2v) is 9.00. The van der Waals surface area contributed by atoms with Crippen molar-refractivity contribution >= 4 is 40.6 Å². The van der Waals surface area contributed by atoms with Crippen molar-refractivity contribution in [3.8, 4) is 0 Å². The molecule has 0 bridgehead atoms. The van der Waals surface area contributed by atoms with E-state index in [1.165, 1.54) is 0 Å². The summed E-state index contributed by atoms with van der Waals surface area (Å²) in [7, 11) is 0. The van der Waals surface area contributed by atoms with Crippen LogP contribution in [0.1, 0.15) is 40.0 Å². The largest absolute Gasteiger partial charge is 0.396 e. The number of nitrogens with two attached hydrogens (primary N) is 1. The quantitative estimate of drug-likeness (QED) is 0.352. The Morgan fingerprint density at radius 1 is 1.00 bits per heavy atom. The fraction of sp³-hybridized carbons (Fsp3) is 0.192. The van der Waals surface area contributed by atoms with Crippen molar-refractivity contribution in [2.45, 2.75) is 19.4 Å². The Bertz CT molecular complexity index is 1280. The van der Waals surface area contributed by atoms with E-state index < -0.39 is 5.91 Å². The molecule has 1 aromatic heterocycles. The number of carbonyl (C=O) groups is 2. The summed E-state index contributed by atoms with van der Waals surface area (Å²) in [6.07, 6.45) is 2.52. The average molecular weight is 497 g/mol. The first-order valence-electron chi connectivity index (χ1n) is 10.9.